The van der Waals surface area contributed by atoms with E-state index in [9.17, 15) is 4.79 Å². The zero-order valence-corrected chi connectivity index (χ0v) is 12.4. The third-order valence-corrected chi connectivity index (χ3v) is 3.21. The fourth-order valence-electron chi connectivity index (χ4n) is 1.92. The van der Waals surface area contributed by atoms with Crippen molar-refractivity contribution in [2.75, 3.05) is 0 Å². The lowest BCUT2D eigenvalue weighted by Gasteiger charge is -2.05. The van der Waals surface area contributed by atoms with Crippen molar-refractivity contribution in [1.82, 2.24) is 4.98 Å². The number of hydrogen-bond donors (Lipinski definition) is 0. The molecule has 0 saturated heterocycles. The number of hydrogen-bond acceptors (Lipinski definition) is 4. The van der Waals surface area contributed by atoms with Crippen molar-refractivity contribution >= 4 is 40.3 Å². The van der Waals surface area contributed by atoms with E-state index in [0.717, 1.165) is 0 Å². The first-order chi connectivity index (χ1) is 10.0. The summed E-state index contributed by atoms with van der Waals surface area (Å²) in [6.07, 6.45) is 0. The van der Waals surface area contributed by atoms with Crippen LogP contribution in [0.5, 0.6) is 5.75 Å². The number of carbonyl (C=O) groups is 1. The van der Waals surface area contributed by atoms with Gasteiger partial charge in [0.1, 0.15) is 11.3 Å². The quantitative estimate of drug-likeness (QED) is 0.508. The van der Waals surface area contributed by atoms with Crippen LogP contribution in [0, 0.1) is 6.92 Å². The van der Waals surface area contributed by atoms with E-state index in [0.29, 0.717) is 32.8 Å². The molecule has 0 N–H and O–H groups in total. The largest absolute Gasteiger partial charge is 0.441 e. The van der Waals surface area contributed by atoms with Gasteiger partial charge in [-0.2, -0.15) is 0 Å². The number of halogens is 2. The second-order valence-corrected chi connectivity index (χ2v) is 5.28. The van der Waals surface area contributed by atoms with E-state index in [1.807, 2.05) is 0 Å². The van der Waals surface area contributed by atoms with E-state index in [1.165, 1.54) is 12.1 Å². The maximum absolute atomic E-state index is 12.1. The van der Waals surface area contributed by atoms with Crippen LogP contribution in [-0.4, -0.2) is 11.0 Å². The van der Waals surface area contributed by atoms with Crippen LogP contribution in [0.2, 0.25) is 10.0 Å². The number of nitrogens with zero attached hydrogens (tertiary/aromatic N) is 1. The maximum atomic E-state index is 12.1. The molecular formula is C15H9Cl2NO3. The number of esters is 1. The molecule has 4 nitrogen and oxygen atoms in total. The Morgan fingerprint density at radius 1 is 1.14 bits per heavy atom. The molecule has 3 rings (SSSR count). The van der Waals surface area contributed by atoms with Crippen molar-refractivity contribution in [2.24, 2.45) is 0 Å². The Labute approximate surface area is 130 Å². The molecule has 0 aliphatic carbocycles. The molecule has 0 saturated carbocycles. The van der Waals surface area contributed by atoms with Gasteiger partial charge in [0, 0.05) is 23.0 Å². The molecule has 0 spiro atoms. The Hall–Kier alpha value is -2.04. The van der Waals surface area contributed by atoms with Crippen molar-refractivity contribution < 1.29 is 13.9 Å². The summed E-state index contributed by atoms with van der Waals surface area (Å²) in [4.78, 5) is 16.2. The Kier molecular flexibility index (Phi) is 3.57. The first-order valence-corrected chi connectivity index (χ1v) is 6.82. The maximum Gasteiger partial charge on any atom is 0.343 e. The van der Waals surface area contributed by atoms with Gasteiger partial charge >= 0.3 is 5.97 Å². The van der Waals surface area contributed by atoms with Gasteiger partial charge in [0.15, 0.2) is 11.5 Å². The van der Waals surface area contributed by atoms with Crippen molar-refractivity contribution in [2.45, 2.75) is 6.92 Å². The molecule has 3 aromatic rings. The van der Waals surface area contributed by atoms with Crippen LogP contribution in [0.4, 0.5) is 0 Å². The van der Waals surface area contributed by atoms with E-state index in [-0.39, 0.29) is 5.56 Å². The second-order valence-electron chi connectivity index (χ2n) is 4.41. The second kappa shape index (κ2) is 5.39. The van der Waals surface area contributed by atoms with Crippen LogP contribution in [0.25, 0.3) is 11.1 Å². The summed E-state index contributed by atoms with van der Waals surface area (Å²) in [6.45, 7) is 1.75. The predicted molar refractivity (Wildman–Crippen MR) is 80.2 cm³/mol. The number of benzene rings is 2. The van der Waals surface area contributed by atoms with Crippen LogP contribution in [-0.2, 0) is 0 Å². The number of fused-ring (bicyclic) bond motifs is 1. The van der Waals surface area contributed by atoms with Crippen LogP contribution in [0.1, 0.15) is 16.2 Å². The standard InChI is InChI=1S/C15H9Cl2NO3/c1-8-18-13-3-2-12(7-14(13)20-8)21-15(19)9-4-10(16)6-11(17)5-9/h2-7H,1H3. The molecule has 1 heterocycles. The van der Waals surface area contributed by atoms with E-state index in [1.54, 1.807) is 31.2 Å². The molecular weight excluding hydrogens is 313 g/mol. The molecule has 2 aromatic carbocycles. The highest BCUT2D eigenvalue weighted by molar-refractivity contribution is 6.35. The number of ether oxygens (including phenoxy) is 1. The molecule has 0 atom stereocenters. The fraction of sp³-hybridized carbons (Fsp3) is 0.0667. The minimum Gasteiger partial charge on any atom is -0.441 e. The van der Waals surface area contributed by atoms with Gasteiger partial charge in [0.05, 0.1) is 5.56 Å². The molecule has 0 amide bonds. The van der Waals surface area contributed by atoms with Crippen LogP contribution >= 0.6 is 23.2 Å². The minimum absolute atomic E-state index is 0.279. The molecule has 0 radical (unpaired) electrons. The van der Waals surface area contributed by atoms with Gasteiger partial charge in [0.2, 0.25) is 0 Å². The predicted octanol–water partition coefficient (Wildman–Crippen LogP) is 4.66. The van der Waals surface area contributed by atoms with Gasteiger partial charge in [-0.1, -0.05) is 23.2 Å². The third kappa shape index (κ3) is 3.01. The number of aryl methyl sites for hydroxylation is 1. The summed E-state index contributed by atoms with van der Waals surface area (Å²) in [7, 11) is 0. The van der Waals surface area contributed by atoms with Gasteiger partial charge in [-0.15, -0.1) is 0 Å². The zero-order valence-electron chi connectivity index (χ0n) is 10.9. The highest BCUT2D eigenvalue weighted by Gasteiger charge is 2.12. The van der Waals surface area contributed by atoms with Gasteiger partial charge in [0.25, 0.3) is 0 Å². The van der Waals surface area contributed by atoms with Gasteiger partial charge in [-0.05, 0) is 30.3 Å². The summed E-state index contributed by atoms with van der Waals surface area (Å²) < 4.78 is 10.7. The first kappa shape index (κ1) is 13.9. The molecule has 106 valence electrons. The minimum atomic E-state index is -0.546. The monoisotopic (exact) mass is 321 g/mol. The Morgan fingerprint density at radius 2 is 1.86 bits per heavy atom. The summed E-state index contributed by atoms with van der Waals surface area (Å²) >= 11 is 11.7. The lowest BCUT2D eigenvalue weighted by molar-refractivity contribution is 0.0735. The summed E-state index contributed by atoms with van der Waals surface area (Å²) in [5.74, 6) is 0.366. The number of rotatable bonds is 2. The number of aromatic nitrogens is 1. The number of oxazole rings is 1. The molecule has 0 fully saturated rings. The van der Waals surface area contributed by atoms with Crippen molar-refractivity contribution in [3.8, 4) is 5.75 Å². The molecule has 0 bridgehead atoms. The van der Waals surface area contributed by atoms with Crippen molar-refractivity contribution in [3.05, 3.63) is 57.9 Å². The van der Waals surface area contributed by atoms with Crippen molar-refractivity contribution in [1.29, 1.82) is 0 Å². The highest BCUT2D eigenvalue weighted by Crippen LogP contribution is 2.24. The molecule has 0 unspecified atom stereocenters. The average Bonchev–Trinajstić information content (AvgIpc) is 2.77. The Balaban J connectivity index is 1.88. The van der Waals surface area contributed by atoms with E-state index in [2.05, 4.69) is 4.98 Å². The molecule has 0 aliphatic rings. The van der Waals surface area contributed by atoms with Crippen LogP contribution in [0.3, 0.4) is 0 Å². The molecule has 21 heavy (non-hydrogen) atoms. The molecule has 0 aliphatic heterocycles. The van der Waals surface area contributed by atoms with Gasteiger partial charge in [-0.3, -0.25) is 0 Å². The lowest BCUT2D eigenvalue weighted by atomic mass is 10.2. The van der Waals surface area contributed by atoms with E-state index < -0.39 is 5.97 Å². The Bertz CT molecular complexity index is 822. The molecule has 1 aromatic heterocycles. The topological polar surface area (TPSA) is 52.3 Å². The fourth-order valence-corrected chi connectivity index (χ4v) is 2.45. The zero-order chi connectivity index (χ0) is 15.0. The normalized spacial score (nSPS) is 10.8. The van der Waals surface area contributed by atoms with Crippen LogP contribution in [0.15, 0.2) is 40.8 Å². The summed E-state index contributed by atoms with van der Waals surface area (Å²) in [5.41, 5.74) is 1.54. The average molecular weight is 322 g/mol. The Morgan fingerprint density at radius 3 is 2.57 bits per heavy atom. The van der Waals surface area contributed by atoms with E-state index >= 15 is 0 Å². The van der Waals surface area contributed by atoms with Crippen LogP contribution < -0.4 is 4.74 Å². The molecule has 6 heteroatoms. The van der Waals surface area contributed by atoms with E-state index in [4.69, 9.17) is 32.4 Å². The summed E-state index contributed by atoms with van der Waals surface area (Å²) in [6, 6.07) is 9.51. The third-order valence-electron chi connectivity index (χ3n) is 2.78. The SMILES string of the molecule is Cc1nc2ccc(OC(=O)c3cc(Cl)cc(Cl)c3)cc2o1. The first-order valence-electron chi connectivity index (χ1n) is 6.07. The lowest BCUT2D eigenvalue weighted by Crippen LogP contribution is -2.08. The summed E-state index contributed by atoms with van der Waals surface area (Å²) in [5, 5.41) is 0.742. The van der Waals surface area contributed by atoms with Gasteiger partial charge < -0.3 is 9.15 Å². The van der Waals surface area contributed by atoms with Crippen molar-refractivity contribution in [3.63, 3.8) is 0 Å². The smallest absolute Gasteiger partial charge is 0.343 e. The van der Waals surface area contributed by atoms with Gasteiger partial charge in [-0.25, -0.2) is 9.78 Å². The highest BCUT2D eigenvalue weighted by atomic mass is 35.5. The number of carbonyl (C=O) groups excluding carboxylic acids is 1.